The molecule has 5 rings (SSSR count). The Hall–Kier alpha value is -3.21. The fourth-order valence-corrected chi connectivity index (χ4v) is 5.86. The maximum absolute atomic E-state index is 13.0. The molecule has 35 heavy (non-hydrogen) atoms. The number of ether oxygens (including phenoxy) is 1. The van der Waals surface area contributed by atoms with Crippen molar-refractivity contribution < 1.29 is 17.9 Å². The number of carbonyl (C=O) groups is 1. The van der Waals surface area contributed by atoms with Gasteiger partial charge in [0.05, 0.1) is 18.1 Å². The second kappa shape index (κ2) is 9.80. The van der Waals surface area contributed by atoms with Crippen molar-refractivity contribution in [3.8, 4) is 5.69 Å². The molecule has 3 heterocycles. The van der Waals surface area contributed by atoms with Gasteiger partial charge in [-0.3, -0.25) is 4.79 Å². The van der Waals surface area contributed by atoms with E-state index in [1.165, 1.54) is 15.6 Å². The second-order valence-corrected chi connectivity index (χ2v) is 10.7. The summed E-state index contributed by atoms with van der Waals surface area (Å²) in [5.74, 6) is -0.0980. The first-order valence-electron chi connectivity index (χ1n) is 11.7. The molecular formula is C25H29N5O4S. The molecule has 184 valence electrons. The third-order valence-corrected chi connectivity index (χ3v) is 8.39. The Bertz CT molecular complexity index is 1290. The fraction of sp³-hybridized carbons (Fsp3) is 0.360. The van der Waals surface area contributed by atoms with Gasteiger partial charge in [-0.05, 0) is 48.9 Å². The van der Waals surface area contributed by atoms with Crippen LogP contribution in [0.3, 0.4) is 0 Å². The van der Waals surface area contributed by atoms with E-state index in [9.17, 15) is 13.2 Å². The third kappa shape index (κ3) is 4.95. The van der Waals surface area contributed by atoms with Crippen LogP contribution in [-0.4, -0.2) is 85.6 Å². The molecule has 0 saturated carbocycles. The van der Waals surface area contributed by atoms with Crippen LogP contribution in [0.5, 0.6) is 0 Å². The van der Waals surface area contributed by atoms with Gasteiger partial charge in [0.1, 0.15) is 12.0 Å². The Balaban J connectivity index is 1.23. The molecule has 2 aliphatic heterocycles. The summed E-state index contributed by atoms with van der Waals surface area (Å²) in [6.45, 7) is 6.42. The number of amides is 1. The molecule has 0 atom stereocenters. The lowest BCUT2D eigenvalue weighted by molar-refractivity contribution is 0.0730. The maximum atomic E-state index is 13.0. The summed E-state index contributed by atoms with van der Waals surface area (Å²) < 4.78 is 34.1. The van der Waals surface area contributed by atoms with Crippen LogP contribution in [0, 0.1) is 6.92 Å². The lowest BCUT2D eigenvalue weighted by atomic mass is 10.2. The third-order valence-electron chi connectivity index (χ3n) is 6.48. The Morgan fingerprint density at radius 2 is 1.63 bits per heavy atom. The van der Waals surface area contributed by atoms with E-state index in [4.69, 9.17) is 4.74 Å². The number of rotatable bonds is 5. The van der Waals surface area contributed by atoms with Gasteiger partial charge in [-0.1, -0.05) is 12.1 Å². The van der Waals surface area contributed by atoms with Crippen molar-refractivity contribution in [3.05, 3.63) is 72.3 Å². The van der Waals surface area contributed by atoms with Gasteiger partial charge in [-0.15, -0.1) is 0 Å². The average molecular weight is 496 g/mol. The second-order valence-electron chi connectivity index (χ2n) is 8.79. The zero-order chi connectivity index (χ0) is 24.4. The van der Waals surface area contributed by atoms with Crippen LogP contribution in [0.15, 0.2) is 66.0 Å². The lowest BCUT2D eigenvalue weighted by Crippen LogP contribution is -2.48. The van der Waals surface area contributed by atoms with Crippen LogP contribution in [0.2, 0.25) is 0 Å². The predicted octanol–water partition coefficient (Wildman–Crippen LogP) is 2.16. The van der Waals surface area contributed by atoms with Crippen LogP contribution in [-0.2, 0) is 14.8 Å². The van der Waals surface area contributed by atoms with Crippen molar-refractivity contribution in [2.75, 3.05) is 57.4 Å². The standard InChI is InChI=1S/C25H29N5O4S/c1-20-3-2-4-22(17-20)27-9-11-28(12-10-27)25(31)24-18-29(19-26-24)21-5-7-23(8-6-21)35(32,33)30-13-15-34-16-14-30/h2-8,17-19H,9-16H2,1H3. The number of hydrogen-bond acceptors (Lipinski definition) is 6. The van der Waals surface area contributed by atoms with E-state index < -0.39 is 10.0 Å². The van der Waals surface area contributed by atoms with Crippen molar-refractivity contribution in [2.24, 2.45) is 0 Å². The lowest BCUT2D eigenvalue weighted by Gasteiger charge is -2.36. The minimum absolute atomic E-state index is 0.0980. The molecule has 0 unspecified atom stereocenters. The number of benzene rings is 2. The van der Waals surface area contributed by atoms with Gasteiger partial charge in [-0.2, -0.15) is 4.31 Å². The number of carbonyl (C=O) groups excluding carboxylic acids is 1. The molecule has 2 saturated heterocycles. The molecule has 2 aliphatic rings. The van der Waals surface area contributed by atoms with E-state index in [0.717, 1.165) is 18.8 Å². The first-order valence-corrected chi connectivity index (χ1v) is 13.2. The Kier molecular flexibility index (Phi) is 6.59. The minimum atomic E-state index is -3.55. The van der Waals surface area contributed by atoms with Gasteiger partial charge >= 0.3 is 0 Å². The van der Waals surface area contributed by atoms with Crippen LogP contribution in [0.4, 0.5) is 5.69 Å². The molecule has 2 fully saturated rings. The molecule has 0 radical (unpaired) electrons. The van der Waals surface area contributed by atoms with E-state index in [1.54, 1.807) is 41.4 Å². The maximum Gasteiger partial charge on any atom is 0.274 e. The van der Waals surface area contributed by atoms with Crippen molar-refractivity contribution in [1.82, 2.24) is 18.8 Å². The van der Waals surface area contributed by atoms with Gasteiger partial charge < -0.3 is 19.1 Å². The van der Waals surface area contributed by atoms with Crippen molar-refractivity contribution >= 4 is 21.6 Å². The van der Waals surface area contributed by atoms with Gasteiger partial charge in [-0.25, -0.2) is 13.4 Å². The fourth-order valence-electron chi connectivity index (χ4n) is 4.46. The van der Waals surface area contributed by atoms with Gasteiger partial charge in [0.2, 0.25) is 10.0 Å². The van der Waals surface area contributed by atoms with E-state index >= 15 is 0 Å². The largest absolute Gasteiger partial charge is 0.379 e. The monoisotopic (exact) mass is 495 g/mol. The molecule has 9 nitrogen and oxygen atoms in total. The number of aromatic nitrogens is 2. The summed E-state index contributed by atoms with van der Waals surface area (Å²) in [5, 5.41) is 0. The summed E-state index contributed by atoms with van der Waals surface area (Å²) in [4.78, 5) is 21.7. The van der Waals surface area contributed by atoms with Crippen LogP contribution >= 0.6 is 0 Å². The highest BCUT2D eigenvalue weighted by atomic mass is 32.2. The van der Waals surface area contributed by atoms with E-state index in [0.29, 0.717) is 45.1 Å². The zero-order valence-electron chi connectivity index (χ0n) is 19.7. The highest BCUT2D eigenvalue weighted by Gasteiger charge is 2.27. The van der Waals surface area contributed by atoms with Crippen LogP contribution in [0.1, 0.15) is 16.1 Å². The first-order chi connectivity index (χ1) is 16.9. The molecule has 0 spiro atoms. The normalized spacial score (nSPS) is 17.5. The molecule has 0 N–H and O–H groups in total. The van der Waals surface area contributed by atoms with Crippen molar-refractivity contribution in [3.63, 3.8) is 0 Å². The zero-order valence-corrected chi connectivity index (χ0v) is 20.5. The number of nitrogens with zero attached hydrogens (tertiary/aromatic N) is 5. The molecular weight excluding hydrogens is 466 g/mol. The number of piperazine rings is 1. The summed E-state index contributed by atoms with van der Waals surface area (Å²) in [6, 6.07) is 15.0. The molecule has 3 aromatic rings. The number of hydrogen-bond donors (Lipinski definition) is 0. The smallest absolute Gasteiger partial charge is 0.274 e. The topological polar surface area (TPSA) is 88.0 Å². The Labute approximate surface area is 205 Å². The van der Waals surface area contributed by atoms with Crippen molar-refractivity contribution in [1.29, 1.82) is 0 Å². The summed E-state index contributed by atoms with van der Waals surface area (Å²) >= 11 is 0. The number of aryl methyl sites for hydroxylation is 1. The first kappa shape index (κ1) is 23.5. The number of sulfonamides is 1. The molecule has 10 heteroatoms. The molecule has 1 amide bonds. The summed E-state index contributed by atoms with van der Waals surface area (Å²) in [6.07, 6.45) is 3.28. The molecule has 0 aliphatic carbocycles. The number of anilines is 1. The highest BCUT2D eigenvalue weighted by molar-refractivity contribution is 7.89. The Morgan fingerprint density at radius 3 is 2.31 bits per heavy atom. The van der Waals surface area contributed by atoms with E-state index in [2.05, 4.69) is 41.1 Å². The highest BCUT2D eigenvalue weighted by Crippen LogP contribution is 2.21. The quantitative estimate of drug-likeness (QED) is 0.539. The van der Waals surface area contributed by atoms with Gasteiger partial charge in [0.15, 0.2) is 0 Å². The predicted molar refractivity (Wildman–Crippen MR) is 132 cm³/mol. The summed E-state index contributed by atoms with van der Waals surface area (Å²) in [7, 11) is -3.55. The van der Waals surface area contributed by atoms with Gasteiger partial charge in [0, 0.05) is 56.8 Å². The van der Waals surface area contributed by atoms with E-state index in [1.807, 2.05) is 4.90 Å². The SMILES string of the molecule is Cc1cccc(N2CCN(C(=O)c3cn(-c4ccc(S(=O)(=O)N5CCOCC5)cc4)cn3)CC2)c1. The van der Waals surface area contributed by atoms with Crippen molar-refractivity contribution in [2.45, 2.75) is 11.8 Å². The minimum Gasteiger partial charge on any atom is -0.379 e. The van der Waals surface area contributed by atoms with Gasteiger partial charge in [0.25, 0.3) is 5.91 Å². The number of morpholine rings is 1. The molecule has 1 aromatic heterocycles. The van der Waals surface area contributed by atoms with Crippen LogP contribution in [0.25, 0.3) is 5.69 Å². The van der Waals surface area contributed by atoms with Crippen LogP contribution < -0.4 is 4.90 Å². The Morgan fingerprint density at radius 1 is 0.914 bits per heavy atom. The molecule has 0 bridgehead atoms. The van der Waals surface area contributed by atoms with E-state index in [-0.39, 0.29) is 10.8 Å². The number of imidazole rings is 1. The molecule has 2 aromatic carbocycles. The average Bonchev–Trinajstić information content (AvgIpc) is 3.39. The summed E-state index contributed by atoms with van der Waals surface area (Å²) in [5.41, 5.74) is 3.51.